The zero-order chi connectivity index (χ0) is 21.9. The lowest BCUT2D eigenvalue weighted by Gasteiger charge is -2.15. The minimum absolute atomic E-state index is 0.496. The average molecular weight is 414 g/mol. The number of carbonyl (C=O) groups excluding carboxylic acids is 2. The molecule has 0 radical (unpaired) electrons. The molecule has 30 heavy (non-hydrogen) atoms. The van der Waals surface area contributed by atoms with Crippen molar-refractivity contribution in [1.29, 1.82) is 0 Å². The van der Waals surface area contributed by atoms with Crippen molar-refractivity contribution in [3.63, 3.8) is 0 Å². The maximum atomic E-state index is 12.1. The van der Waals surface area contributed by atoms with Gasteiger partial charge in [-0.25, -0.2) is 0 Å². The number of amides is 2. The van der Waals surface area contributed by atoms with Gasteiger partial charge in [0.2, 0.25) is 0 Å². The van der Waals surface area contributed by atoms with Gasteiger partial charge in [0.05, 0.1) is 20.8 Å². The molecule has 2 amide bonds. The van der Waals surface area contributed by atoms with E-state index in [1.807, 2.05) is 6.92 Å². The molecular weight excluding hydrogens is 388 g/mol. The Bertz CT molecular complexity index is 880. The van der Waals surface area contributed by atoms with Gasteiger partial charge in [-0.1, -0.05) is 0 Å². The Kier molecular flexibility index (Phi) is 8.56. The van der Waals surface area contributed by atoms with E-state index in [0.29, 0.717) is 35.2 Å². The summed E-state index contributed by atoms with van der Waals surface area (Å²) < 4.78 is 21.3. The third kappa shape index (κ3) is 6.73. The van der Waals surface area contributed by atoms with E-state index >= 15 is 0 Å². The normalized spacial score (nSPS) is 11.5. The van der Waals surface area contributed by atoms with Crippen LogP contribution in [-0.4, -0.2) is 38.7 Å². The standard InChI is InChI=1S/C22H26N2O6/c1-5-29-17-7-9-18(10-8-17)30-15(2)22(26)24-23-21(25)13-6-16-14-19(27-3)11-12-20(16)28-4/h6-15H,5H2,1-4H3,(H,23,25)(H,24,26)/b13-6+. The SMILES string of the molecule is CCOc1ccc(OC(C)C(=O)NNC(=O)/C=C/c2cc(OC)ccc2OC)cc1. The minimum Gasteiger partial charge on any atom is -0.497 e. The van der Waals surface area contributed by atoms with Crippen LogP contribution in [-0.2, 0) is 9.59 Å². The van der Waals surface area contributed by atoms with Crippen LogP contribution in [0.4, 0.5) is 0 Å². The summed E-state index contributed by atoms with van der Waals surface area (Å²) in [5.41, 5.74) is 5.30. The van der Waals surface area contributed by atoms with Crippen molar-refractivity contribution in [2.75, 3.05) is 20.8 Å². The molecule has 8 nitrogen and oxygen atoms in total. The monoisotopic (exact) mass is 414 g/mol. The minimum atomic E-state index is -0.814. The first-order chi connectivity index (χ1) is 14.5. The molecule has 0 saturated heterocycles. The number of hydrazine groups is 1. The van der Waals surface area contributed by atoms with E-state index in [0.717, 1.165) is 0 Å². The summed E-state index contributed by atoms with van der Waals surface area (Å²) in [7, 11) is 3.08. The molecule has 0 fully saturated rings. The summed E-state index contributed by atoms with van der Waals surface area (Å²) in [5, 5.41) is 0. The summed E-state index contributed by atoms with van der Waals surface area (Å²) in [6.07, 6.45) is 2.02. The van der Waals surface area contributed by atoms with Crippen molar-refractivity contribution in [3.8, 4) is 23.0 Å². The Hall–Kier alpha value is -3.68. The summed E-state index contributed by atoms with van der Waals surface area (Å²) >= 11 is 0. The van der Waals surface area contributed by atoms with Gasteiger partial charge in [0.15, 0.2) is 6.10 Å². The largest absolute Gasteiger partial charge is 0.497 e. The Morgan fingerprint density at radius 1 is 0.967 bits per heavy atom. The van der Waals surface area contributed by atoms with Gasteiger partial charge in [-0.2, -0.15) is 0 Å². The first kappa shape index (κ1) is 22.6. The molecule has 1 atom stereocenters. The van der Waals surface area contributed by atoms with Gasteiger partial charge in [-0.05, 0) is 62.4 Å². The molecule has 1 unspecified atom stereocenters. The molecule has 0 bridgehead atoms. The van der Waals surface area contributed by atoms with Crippen LogP contribution in [0.2, 0.25) is 0 Å². The fraction of sp³-hybridized carbons (Fsp3) is 0.273. The van der Waals surface area contributed by atoms with E-state index in [1.54, 1.807) is 62.6 Å². The number of benzene rings is 2. The second-order valence-electron chi connectivity index (χ2n) is 6.08. The Labute approximate surface area is 175 Å². The van der Waals surface area contributed by atoms with Crippen LogP contribution in [0.1, 0.15) is 19.4 Å². The average Bonchev–Trinajstić information content (AvgIpc) is 2.77. The highest BCUT2D eigenvalue weighted by atomic mass is 16.5. The van der Waals surface area contributed by atoms with Gasteiger partial charge in [0, 0.05) is 11.6 Å². The molecule has 0 aliphatic heterocycles. The number of methoxy groups -OCH3 is 2. The summed E-state index contributed by atoms with van der Waals surface area (Å²) in [5.74, 6) is 1.43. The van der Waals surface area contributed by atoms with Crippen molar-refractivity contribution in [1.82, 2.24) is 10.9 Å². The lowest BCUT2D eigenvalue weighted by Crippen LogP contribution is -2.46. The van der Waals surface area contributed by atoms with Crippen LogP contribution in [0, 0.1) is 0 Å². The van der Waals surface area contributed by atoms with E-state index in [2.05, 4.69) is 10.9 Å². The fourth-order valence-corrected chi connectivity index (χ4v) is 2.44. The van der Waals surface area contributed by atoms with Gasteiger partial charge in [0.1, 0.15) is 23.0 Å². The molecule has 160 valence electrons. The van der Waals surface area contributed by atoms with E-state index in [4.69, 9.17) is 18.9 Å². The van der Waals surface area contributed by atoms with Crippen molar-refractivity contribution in [3.05, 3.63) is 54.1 Å². The highest BCUT2D eigenvalue weighted by molar-refractivity contribution is 5.94. The third-order valence-corrected chi connectivity index (χ3v) is 3.98. The first-order valence-electron chi connectivity index (χ1n) is 9.36. The summed E-state index contributed by atoms with van der Waals surface area (Å²) in [6, 6.07) is 12.1. The van der Waals surface area contributed by atoms with Crippen molar-refractivity contribution in [2.45, 2.75) is 20.0 Å². The predicted molar refractivity (Wildman–Crippen MR) is 113 cm³/mol. The van der Waals surface area contributed by atoms with Crippen molar-refractivity contribution >= 4 is 17.9 Å². The molecule has 0 heterocycles. The Morgan fingerprint density at radius 3 is 2.27 bits per heavy atom. The molecule has 0 aliphatic rings. The molecule has 0 spiro atoms. The summed E-state index contributed by atoms with van der Waals surface area (Å²) in [6.45, 7) is 4.04. The smallest absolute Gasteiger partial charge is 0.279 e. The topological polar surface area (TPSA) is 95.1 Å². The fourth-order valence-electron chi connectivity index (χ4n) is 2.44. The Morgan fingerprint density at radius 2 is 1.63 bits per heavy atom. The lowest BCUT2D eigenvalue weighted by atomic mass is 10.1. The zero-order valence-corrected chi connectivity index (χ0v) is 17.4. The second kappa shape index (κ2) is 11.4. The summed E-state index contributed by atoms with van der Waals surface area (Å²) in [4.78, 5) is 24.2. The molecule has 0 aromatic heterocycles. The maximum Gasteiger partial charge on any atom is 0.279 e. The van der Waals surface area contributed by atoms with E-state index in [9.17, 15) is 9.59 Å². The first-order valence-corrected chi connectivity index (χ1v) is 9.36. The highest BCUT2D eigenvalue weighted by Crippen LogP contribution is 2.25. The molecule has 2 rings (SSSR count). The quantitative estimate of drug-likeness (QED) is 0.484. The van der Waals surface area contributed by atoms with Crippen LogP contribution < -0.4 is 29.8 Å². The van der Waals surface area contributed by atoms with E-state index < -0.39 is 17.9 Å². The van der Waals surface area contributed by atoms with Crippen molar-refractivity contribution in [2.24, 2.45) is 0 Å². The molecule has 8 heteroatoms. The third-order valence-electron chi connectivity index (χ3n) is 3.98. The van der Waals surface area contributed by atoms with Gasteiger partial charge in [-0.15, -0.1) is 0 Å². The van der Waals surface area contributed by atoms with E-state index in [1.165, 1.54) is 13.2 Å². The van der Waals surface area contributed by atoms with Crippen LogP contribution >= 0.6 is 0 Å². The van der Waals surface area contributed by atoms with Crippen molar-refractivity contribution < 1.29 is 28.5 Å². The number of rotatable bonds is 9. The number of hydrogen-bond donors (Lipinski definition) is 2. The number of carbonyl (C=O) groups is 2. The van der Waals surface area contributed by atoms with E-state index in [-0.39, 0.29) is 0 Å². The number of hydrogen-bond acceptors (Lipinski definition) is 6. The highest BCUT2D eigenvalue weighted by Gasteiger charge is 2.15. The molecule has 2 N–H and O–H groups in total. The predicted octanol–water partition coefficient (Wildman–Crippen LogP) is 2.73. The van der Waals surface area contributed by atoms with Crippen LogP contribution in [0.3, 0.4) is 0 Å². The van der Waals surface area contributed by atoms with Gasteiger partial charge < -0.3 is 18.9 Å². The molecular formula is C22H26N2O6. The van der Waals surface area contributed by atoms with Gasteiger partial charge >= 0.3 is 0 Å². The van der Waals surface area contributed by atoms with Gasteiger partial charge in [-0.3, -0.25) is 20.4 Å². The van der Waals surface area contributed by atoms with Crippen LogP contribution in [0.5, 0.6) is 23.0 Å². The van der Waals surface area contributed by atoms with Gasteiger partial charge in [0.25, 0.3) is 11.8 Å². The van der Waals surface area contributed by atoms with Crippen LogP contribution in [0.15, 0.2) is 48.5 Å². The number of nitrogens with one attached hydrogen (secondary N) is 2. The van der Waals surface area contributed by atoms with Crippen LogP contribution in [0.25, 0.3) is 6.08 Å². The molecule has 2 aromatic rings. The molecule has 0 saturated carbocycles. The Balaban J connectivity index is 1.86. The second-order valence-corrected chi connectivity index (χ2v) is 6.08. The molecule has 2 aromatic carbocycles. The lowest BCUT2D eigenvalue weighted by molar-refractivity contribution is -0.131. The number of ether oxygens (including phenoxy) is 4. The zero-order valence-electron chi connectivity index (χ0n) is 17.4. The maximum absolute atomic E-state index is 12.1. The molecule has 0 aliphatic carbocycles.